The Morgan fingerprint density at radius 3 is 1.49 bits per heavy atom. The van der Waals surface area contributed by atoms with Crippen molar-refractivity contribution in [3.05, 3.63) is 0 Å². The number of hydrogen-bond donors (Lipinski definition) is 11. The minimum absolute atomic E-state index is 0.677. The van der Waals surface area contributed by atoms with Crippen LogP contribution < -0.4 is 5.32 Å². The van der Waals surface area contributed by atoms with E-state index in [9.17, 15) is 55.9 Å². The quantitative estimate of drug-likeness (QED) is 0.135. The number of carbonyl (C=O) groups excluding carboxylic acids is 1. The number of nitrogens with one attached hydrogen (secondary N) is 1. The van der Waals surface area contributed by atoms with E-state index in [0.29, 0.717) is 0 Å². The molecule has 0 radical (unpaired) electrons. The predicted octanol–water partition coefficient (Wildman–Crippen LogP) is -7.43. The van der Waals surface area contributed by atoms with Crippen molar-refractivity contribution in [1.82, 2.24) is 5.32 Å². The Morgan fingerprint density at radius 2 is 1.08 bits per heavy atom. The highest BCUT2D eigenvalue weighted by molar-refractivity contribution is 5.73. The molecule has 3 heterocycles. The molecule has 17 heteroatoms. The van der Waals surface area contributed by atoms with Crippen LogP contribution in [0.1, 0.15) is 6.92 Å². The normalized spacial score (nSPS) is 49.0. The molecule has 15 atom stereocenters. The minimum atomic E-state index is -1.89. The fraction of sp³-hybridized carbons (Fsp3) is 0.950. The van der Waals surface area contributed by atoms with E-state index >= 15 is 0 Å². The molecule has 0 unspecified atom stereocenters. The largest absolute Gasteiger partial charge is 0.394 e. The maximum atomic E-state index is 11.9. The van der Waals surface area contributed by atoms with E-state index in [4.69, 9.17) is 23.7 Å². The summed E-state index contributed by atoms with van der Waals surface area (Å²) in [6.45, 7) is -1.27. The third-order valence-electron chi connectivity index (χ3n) is 6.49. The van der Waals surface area contributed by atoms with Crippen LogP contribution in [-0.2, 0) is 28.5 Å². The topological polar surface area (TPSA) is 278 Å². The van der Waals surface area contributed by atoms with Gasteiger partial charge in [0, 0.05) is 6.92 Å². The SMILES string of the molecule is CC(=O)N[C@@H]1[C@@H](O[C@@H]2O[C@H](CO)[C@H](O)[C@H](O)[C@H]2O)[C@H](O[C@@H]2O[C@@H](CO)[C@@H](O)[C@@H](O)[C@@H]2O)[C@@H](CO)O[C@@H]1O. The van der Waals surface area contributed by atoms with Gasteiger partial charge in [0.2, 0.25) is 5.91 Å². The van der Waals surface area contributed by atoms with Crippen molar-refractivity contribution in [1.29, 1.82) is 0 Å². The predicted molar refractivity (Wildman–Crippen MR) is 113 cm³/mol. The van der Waals surface area contributed by atoms with Crippen LogP contribution >= 0.6 is 0 Å². The van der Waals surface area contributed by atoms with Crippen LogP contribution in [0.5, 0.6) is 0 Å². The summed E-state index contributed by atoms with van der Waals surface area (Å²) in [5.41, 5.74) is 0. The molecule has 3 aliphatic rings. The van der Waals surface area contributed by atoms with Crippen molar-refractivity contribution in [2.75, 3.05) is 19.8 Å². The standard InChI is InChI=1S/C20H35NO16/c1-5(25)21-9-17(37-20-15(31)13(29)11(27)7(3-23)35-20)16(8(4-24)33-18(9)32)36-19-14(30)12(28)10(26)6(2-22)34-19/h6-20,22-24,26-32H,2-4H2,1H3,(H,21,25)/t6-,7+,8+,9+,10+,11-,12+,13-,14-,15+,16+,17+,18-,19-,20-/m0/s1. The van der Waals surface area contributed by atoms with Crippen molar-refractivity contribution in [3.8, 4) is 0 Å². The second-order valence-corrected chi connectivity index (χ2v) is 9.07. The van der Waals surface area contributed by atoms with E-state index in [1.807, 2.05) is 0 Å². The van der Waals surface area contributed by atoms with Crippen molar-refractivity contribution in [2.45, 2.75) is 99.0 Å². The molecule has 0 spiro atoms. The summed E-state index contributed by atoms with van der Waals surface area (Å²) in [5, 5.41) is 103. The van der Waals surface area contributed by atoms with Gasteiger partial charge in [0.15, 0.2) is 18.9 Å². The first kappa shape index (κ1) is 30.4. The molecule has 3 fully saturated rings. The minimum Gasteiger partial charge on any atom is -0.394 e. The summed E-state index contributed by atoms with van der Waals surface area (Å²) in [7, 11) is 0. The molecule has 0 aromatic heterocycles. The van der Waals surface area contributed by atoms with Gasteiger partial charge in [-0.2, -0.15) is 0 Å². The van der Waals surface area contributed by atoms with Gasteiger partial charge < -0.3 is 80.1 Å². The van der Waals surface area contributed by atoms with E-state index in [2.05, 4.69) is 5.32 Å². The first-order chi connectivity index (χ1) is 17.4. The monoisotopic (exact) mass is 545 g/mol. The third-order valence-corrected chi connectivity index (χ3v) is 6.49. The number of carbonyl (C=O) groups is 1. The van der Waals surface area contributed by atoms with Gasteiger partial charge in [0.1, 0.15) is 73.2 Å². The maximum absolute atomic E-state index is 11.9. The Balaban J connectivity index is 1.93. The lowest BCUT2D eigenvalue weighted by Gasteiger charge is -2.49. The Bertz CT molecular complexity index is 743. The van der Waals surface area contributed by atoms with Crippen LogP contribution in [0.4, 0.5) is 0 Å². The highest BCUT2D eigenvalue weighted by Crippen LogP contribution is 2.32. The molecule has 216 valence electrons. The van der Waals surface area contributed by atoms with Crippen LogP contribution in [0.15, 0.2) is 0 Å². The second-order valence-electron chi connectivity index (χ2n) is 9.07. The molecule has 11 N–H and O–H groups in total. The van der Waals surface area contributed by atoms with Gasteiger partial charge in [-0.1, -0.05) is 0 Å². The number of hydrogen-bond acceptors (Lipinski definition) is 16. The molecule has 3 saturated heterocycles. The van der Waals surface area contributed by atoms with Gasteiger partial charge in [-0.05, 0) is 0 Å². The molecular formula is C20H35NO16. The van der Waals surface area contributed by atoms with Crippen LogP contribution in [0.25, 0.3) is 0 Å². The molecule has 0 saturated carbocycles. The third kappa shape index (κ3) is 6.38. The van der Waals surface area contributed by atoms with Crippen molar-refractivity contribution < 1.29 is 79.5 Å². The molecule has 0 aromatic carbocycles. The number of ether oxygens (including phenoxy) is 5. The van der Waals surface area contributed by atoms with Crippen molar-refractivity contribution >= 4 is 5.91 Å². The molecule has 17 nitrogen and oxygen atoms in total. The first-order valence-electron chi connectivity index (χ1n) is 11.6. The molecule has 0 bridgehead atoms. The van der Waals surface area contributed by atoms with Gasteiger partial charge in [-0.3, -0.25) is 4.79 Å². The van der Waals surface area contributed by atoms with Gasteiger partial charge in [-0.15, -0.1) is 0 Å². The van der Waals surface area contributed by atoms with Crippen LogP contribution in [-0.4, -0.2) is 169 Å². The van der Waals surface area contributed by atoms with Gasteiger partial charge in [0.25, 0.3) is 0 Å². The van der Waals surface area contributed by atoms with E-state index in [1.54, 1.807) is 0 Å². The molecule has 3 rings (SSSR count). The highest BCUT2D eigenvalue weighted by atomic mass is 16.7. The fourth-order valence-corrected chi connectivity index (χ4v) is 4.45. The summed E-state index contributed by atoms with van der Waals surface area (Å²) >= 11 is 0. The lowest BCUT2D eigenvalue weighted by Crippen LogP contribution is -2.69. The maximum Gasteiger partial charge on any atom is 0.217 e. The smallest absolute Gasteiger partial charge is 0.217 e. The lowest BCUT2D eigenvalue weighted by atomic mass is 9.94. The van der Waals surface area contributed by atoms with Crippen molar-refractivity contribution in [2.24, 2.45) is 0 Å². The molecular weight excluding hydrogens is 510 g/mol. The van der Waals surface area contributed by atoms with E-state index in [0.717, 1.165) is 6.92 Å². The summed E-state index contributed by atoms with van der Waals surface area (Å²) in [6, 6.07) is -1.47. The Kier molecular flexibility index (Phi) is 10.5. The van der Waals surface area contributed by atoms with Gasteiger partial charge in [-0.25, -0.2) is 0 Å². The summed E-state index contributed by atoms with van der Waals surface area (Å²) in [4.78, 5) is 11.9. The van der Waals surface area contributed by atoms with Crippen molar-refractivity contribution in [3.63, 3.8) is 0 Å². The van der Waals surface area contributed by atoms with E-state index in [-0.39, 0.29) is 0 Å². The lowest BCUT2D eigenvalue weighted by molar-refractivity contribution is -0.372. The zero-order chi connectivity index (χ0) is 27.6. The summed E-state index contributed by atoms with van der Waals surface area (Å²) in [5.74, 6) is -0.677. The molecule has 37 heavy (non-hydrogen) atoms. The van der Waals surface area contributed by atoms with Gasteiger partial charge >= 0.3 is 0 Å². The number of aliphatic hydroxyl groups is 10. The fourth-order valence-electron chi connectivity index (χ4n) is 4.45. The summed E-state index contributed by atoms with van der Waals surface area (Å²) in [6.07, 6.45) is -23.5. The van der Waals surface area contributed by atoms with Gasteiger partial charge in [0.05, 0.1) is 19.8 Å². The average molecular weight is 545 g/mol. The summed E-state index contributed by atoms with van der Waals surface area (Å²) < 4.78 is 27.5. The van der Waals surface area contributed by atoms with E-state index < -0.39 is 118 Å². The van der Waals surface area contributed by atoms with E-state index in [1.165, 1.54) is 0 Å². The molecule has 0 aliphatic carbocycles. The second kappa shape index (κ2) is 12.8. The Morgan fingerprint density at radius 1 is 0.649 bits per heavy atom. The highest BCUT2D eigenvalue weighted by Gasteiger charge is 2.54. The molecule has 1 amide bonds. The number of rotatable bonds is 8. The molecule has 3 aliphatic heterocycles. The van der Waals surface area contributed by atoms with Crippen LogP contribution in [0, 0.1) is 0 Å². The average Bonchev–Trinajstić information content (AvgIpc) is 2.87. The number of aliphatic hydroxyl groups excluding tert-OH is 10. The number of amides is 1. The van der Waals surface area contributed by atoms with Crippen LogP contribution in [0.3, 0.4) is 0 Å². The van der Waals surface area contributed by atoms with Crippen LogP contribution in [0.2, 0.25) is 0 Å². The molecule has 0 aromatic rings. The zero-order valence-electron chi connectivity index (χ0n) is 19.7. The zero-order valence-corrected chi connectivity index (χ0v) is 19.7. The Labute approximate surface area is 210 Å². The first-order valence-corrected chi connectivity index (χ1v) is 11.6. The Hall–Kier alpha value is -1.13.